The number of hydrogen-bond donors (Lipinski definition) is 1. The monoisotopic (exact) mass is 213 g/mol. The van der Waals surface area contributed by atoms with Gasteiger partial charge in [-0.3, -0.25) is 0 Å². The summed E-state index contributed by atoms with van der Waals surface area (Å²) in [5.41, 5.74) is 6.55. The second kappa shape index (κ2) is 3.91. The summed E-state index contributed by atoms with van der Waals surface area (Å²) in [6.45, 7) is 2.69. The number of nitrogens with two attached hydrogens (primary N) is 1. The molecule has 4 heteroatoms. The number of imidazole rings is 1. The lowest BCUT2D eigenvalue weighted by Gasteiger charge is -2.25. The Morgan fingerprint density at radius 3 is 3.14 bits per heavy atom. The Kier molecular flexibility index (Phi) is 2.79. The van der Waals surface area contributed by atoms with E-state index >= 15 is 0 Å². The quantitative estimate of drug-likeness (QED) is 0.818. The normalized spacial score (nSPS) is 20.9. The molecule has 1 aliphatic heterocycles. The molecule has 0 fully saturated rings. The van der Waals surface area contributed by atoms with Crippen molar-refractivity contribution in [3.63, 3.8) is 0 Å². The minimum atomic E-state index is 0.470. The first kappa shape index (κ1) is 9.99. The van der Waals surface area contributed by atoms with E-state index in [1.54, 1.807) is 0 Å². The zero-order valence-corrected chi connectivity index (χ0v) is 9.22. The molecule has 2 N–H and O–H groups in total. The molecule has 1 unspecified atom stereocenters. The third-order valence-corrected chi connectivity index (χ3v) is 3.34. The third-order valence-electron chi connectivity index (χ3n) is 2.89. The fourth-order valence-electron chi connectivity index (χ4n) is 2.22. The molecule has 1 atom stereocenters. The minimum Gasteiger partial charge on any atom is -0.330 e. The lowest BCUT2D eigenvalue weighted by atomic mass is 10.0. The SMILES string of the molecule is Cc1nc2n(c1Cl)C(CCN)CCC2. The summed E-state index contributed by atoms with van der Waals surface area (Å²) in [6, 6.07) is 0.470. The van der Waals surface area contributed by atoms with Gasteiger partial charge in [-0.25, -0.2) is 4.98 Å². The smallest absolute Gasteiger partial charge is 0.132 e. The van der Waals surface area contributed by atoms with Crippen LogP contribution in [0.1, 0.15) is 36.8 Å². The van der Waals surface area contributed by atoms with Crippen LogP contribution in [0.2, 0.25) is 5.15 Å². The van der Waals surface area contributed by atoms with Gasteiger partial charge in [-0.05, 0) is 32.7 Å². The Morgan fingerprint density at radius 1 is 1.64 bits per heavy atom. The number of rotatable bonds is 2. The molecule has 0 amide bonds. The van der Waals surface area contributed by atoms with Gasteiger partial charge in [0.05, 0.1) is 5.69 Å². The zero-order chi connectivity index (χ0) is 10.1. The van der Waals surface area contributed by atoms with E-state index < -0.39 is 0 Å². The number of halogens is 1. The van der Waals surface area contributed by atoms with Gasteiger partial charge in [-0.2, -0.15) is 0 Å². The van der Waals surface area contributed by atoms with E-state index in [1.807, 2.05) is 6.92 Å². The highest BCUT2D eigenvalue weighted by molar-refractivity contribution is 6.30. The summed E-state index contributed by atoms with van der Waals surface area (Å²) in [7, 11) is 0. The van der Waals surface area contributed by atoms with Gasteiger partial charge in [0.25, 0.3) is 0 Å². The van der Waals surface area contributed by atoms with Crippen LogP contribution in [0, 0.1) is 6.92 Å². The molecule has 78 valence electrons. The van der Waals surface area contributed by atoms with Gasteiger partial charge in [0, 0.05) is 12.5 Å². The average Bonchev–Trinajstić information content (AvgIpc) is 2.45. The molecule has 0 bridgehead atoms. The van der Waals surface area contributed by atoms with Gasteiger partial charge in [-0.1, -0.05) is 11.6 Å². The highest BCUT2D eigenvalue weighted by atomic mass is 35.5. The van der Waals surface area contributed by atoms with Crippen LogP contribution >= 0.6 is 11.6 Å². The van der Waals surface area contributed by atoms with Gasteiger partial charge in [-0.15, -0.1) is 0 Å². The summed E-state index contributed by atoms with van der Waals surface area (Å²) in [4.78, 5) is 4.47. The maximum absolute atomic E-state index is 6.22. The zero-order valence-electron chi connectivity index (χ0n) is 8.46. The summed E-state index contributed by atoms with van der Waals surface area (Å²) in [5, 5.41) is 0.804. The Morgan fingerprint density at radius 2 is 2.43 bits per heavy atom. The van der Waals surface area contributed by atoms with Crippen molar-refractivity contribution in [2.75, 3.05) is 6.54 Å². The third kappa shape index (κ3) is 1.55. The fourth-order valence-corrected chi connectivity index (χ4v) is 2.50. The molecular weight excluding hydrogens is 198 g/mol. The summed E-state index contributed by atoms with van der Waals surface area (Å²) >= 11 is 6.22. The number of hydrogen-bond acceptors (Lipinski definition) is 2. The predicted molar refractivity (Wildman–Crippen MR) is 57.6 cm³/mol. The van der Waals surface area contributed by atoms with Gasteiger partial charge >= 0.3 is 0 Å². The van der Waals surface area contributed by atoms with Crippen molar-refractivity contribution in [2.24, 2.45) is 5.73 Å². The van der Waals surface area contributed by atoms with Crippen molar-refractivity contribution in [3.05, 3.63) is 16.7 Å². The standard InChI is InChI=1S/C10H16ClN3/c1-7-10(11)14-8(5-6-12)3-2-4-9(14)13-7/h8H,2-6,12H2,1H3. The largest absolute Gasteiger partial charge is 0.330 e. The molecule has 0 aliphatic carbocycles. The topological polar surface area (TPSA) is 43.8 Å². The maximum Gasteiger partial charge on any atom is 0.132 e. The first-order valence-corrected chi connectivity index (χ1v) is 5.55. The van der Waals surface area contributed by atoms with Crippen LogP contribution in [0.25, 0.3) is 0 Å². The lowest BCUT2D eigenvalue weighted by Crippen LogP contribution is -2.20. The van der Waals surface area contributed by atoms with Crippen LogP contribution < -0.4 is 5.73 Å². The van der Waals surface area contributed by atoms with E-state index in [0.717, 1.165) is 36.1 Å². The predicted octanol–water partition coefficient (Wildman–Crippen LogP) is 2.07. The Bertz CT molecular complexity index is 332. The van der Waals surface area contributed by atoms with Crippen LogP contribution in [0.5, 0.6) is 0 Å². The number of fused-ring (bicyclic) bond motifs is 1. The number of aryl methyl sites for hydroxylation is 2. The van der Waals surface area contributed by atoms with Crippen LogP contribution in [-0.4, -0.2) is 16.1 Å². The van der Waals surface area contributed by atoms with Crippen molar-refractivity contribution in [1.82, 2.24) is 9.55 Å². The average molecular weight is 214 g/mol. The van der Waals surface area contributed by atoms with E-state index in [2.05, 4.69) is 9.55 Å². The van der Waals surface area contributed by atoms with E-state index in [0.29, 0.717) is 6.04 Å². The van der Waals surface area contributed by atoms with E-state index in [1.165, 1.54) is 12.8 Å². The second-order valence-electron chi connectivity index (χ2n) is 3.90. The van der Waals surface area contributed by atoms with Crippen LogP contribution in [0.15, 0.2) is 0 Å². The molecule has 14 heavy (non-hydrogen) atoms. The molecule has 3 nitrogen and oxygen atoms in total. The summed E-state index contributed by atoms with van der Waals surface area (Å²) in [6.07, 6.45) is 4.44. The minimum absolute atomic E-state index is 0.470. The fraction of sp³-hybridized carbons (Fsp3) is 0.700. The van der Waals surface area contributed by atoms with E-state index in [9.17, 15) is 0 Å². The molecule has 2 heterocycles. The Labute approximate surface area is 89.3 Å². The second-order valence-corrected chi connectivity index (χ2v) is 4.26. The highest BCUT2D eigenvalue weighted by Crippen LogP contribution is 2.32. The molecule has 0 saturated heterocycles. The van der Waals surface area contributed by atoms with Gasteiger partial charge < -0.3 is 10.3 Å². The molecule has 1 aromatic rings. The molecule has 0 saturated carbocycles. The van der Waals surface area contributed by atoms with Gasteiger partial charge in [0.2, 0.25) is 0 Å². The van der Waals surface area contributed by atoms with Crippen molar-refractivity contribution in [1.29, 1.82) is 0 Å². The maximum atomic E-state index is 6.22. The molecular formula is C10H16ClN3. The van der Waals surface area contributed by atoms with E-state index in [-0.39, 0.29) is 0 Å². The summed E-state index contributed by atoms with van der Waals surface area (Å²) in [5.74, 6) is 1.14. The van der Waals surface area contributed by atoms with Crippen LogP contribution in [0.3, 0.4) is 0 Å². The van der Waals surface area contributed by atoms with Crippen molar-refractivity contribution in [3.8, 4) is 0 Å². The number of aromatic nitrogens is 2. The lowest BCUT2D eigenvalue weighted by molar-refractivity contribution is 0.379. The van der Waals surface area contributed by atoms with Crippen molar-refractivity contribution < 1.29 is 0 Å². The molecule has 0 aromatic carbocycles. The summed E-state index contributed by atoms with van der Waals surface area (Å²) < 4.78 is 2.17. The molecule has 0 spiro atoms. The van der Waals surface area contributed by atoms with Gasteiger partial charge in [0.15, 0.2) is 0 Å². The van der Waals surface area contributed by atoms with Gasteiger partial charge in [0.1, 0.15) is 11.0 Å². The molecule has 1 aliphatic rings. The van der Waals surface area contributed by atoms with Crippen LogP contribution in [0.4, 0.5) is 0 Å². The van der Waals surface area contributed by atoms with Crippen molar-refractivity contribution in [2.45, 2.75) is 38.6 Å². The Hall–Kier alpha value is -0.540. The van der Waals surface area contributed by atoms with E-state index in [4.69, 9.17) is 17.3 Å². The Balaban J connectivity index is 2.36. The number of nitrogens with zero attached hydrogens (tertiary/aromatic N) is 2. The molecule has 0 radical (unpaired) electrons. The van der Waals surface area contributed by atoms with Crippen molar-refractivity contribution >= 4 is 11.6 Å². The highest BCUT2D eigenvalue weighted by Gasteiger charge is 2.23. The first-order chi connectivity index (χ1) is 6.74. The molecule has 2 rings (SSSR count). The van der Waals surface area contributed by atoms with Crippen LogP contribution in [-0.2, 0) is 6.42 Å². The first-order valence-electron chi connectivity index (χ1n) is 5.17. The molecule has 1 aromatic heterocycles.